The number of pyridine rings is 1. The number of rotatable bonds is 3. The van der Waals surface area contributed by atoms with Crippen molar-refractivity contribution in [2.75, 3.05) is 12.8 Å². The summed E-state index contributed by atoms with van der Waals surface area (Å²) in [6.07, 6.45) is 3.79. The molecule has 0 fully saturated rings. The Kier molecular flexibility index (Phi) is 3.56. The second-order valence-electron chi connectivity index (χ2n) is 3.96. The number of aldehydes is 1. The minimum absolute atomic E-state index is 0.244. The van der Waals surface area contributed by atoms with E-state index in [1.54, 1.807) is 19.2 Å². The molecule has 0 spiro atoms. The van der Waals surface area contributed by atoms with Crippen molar-refractivity contribution in [2.45, 2.75) is 0 Å². The van der Waals surface area contributed by atoms with Gasteiger partial charge in [-0.25, -0.2) is 4.98 Å². The van der Waals surface area contributed by atoms with Gasteiger partial charge in [-0.2, -0.15) is 0 Å². The molecular weight excluding hydrogens is 240 g/mol. The van der Waals surface area contributed by atoms with Crippen LogP contribution >= 0.6 is 0 Å². The molecule has 5 heteroatoms. The average molecular weight is 254 g/mol. The van der Waals surface area contributed by atoms with E-state index in [0.29, 0.717) is 17.5 Å². The van der Waals surface area contributed by atoms with Crippen molar-refractivity contribution in [3.8, 4) is 0 Å². The lowest BCUT2D eigenvalue weighted by atomic mass is 10.1. The van der Waals surface area contributed by atoms with E-state index < -0.39 is 0 Å². The minimum atomic E-state index is 0.244. The van der Waals surface area contributed by atoms with Crippen LogP contribution in [0.25, 0.3) is 10.9 Å². The van der Waals surface area contributed by atoms with E-state index in [1.807, 2.05) is 18.2 Å². The normalized spacial score (nSPS) is 12.2. The monoisotopic (exact) mass is 254 g/mol. The van der Waals surface area contributed by atoms with Gasteiger partial charge in [0.15, 0.2) is 6.29 Å². The molecule has 96 valence electrons. The third-order valence-electron chi connectivity index (χ3n) is 2.78. The van der Waals surface area contributed by atoms with Crippen LogP contribution in [-0.4, -0.2) is 24.0 Å². The van der Waals surface area contributed by atoms with Crippen molar-refractivity contribution in [1.29, 1.82) is 0 Å². The summed E-state index contributed by atoms with van der Waals surface area (Å²) < 4.78 is 0. The number of hydrogen-bond acceptors (Lipinski definition) is 5. The smallest absolute Gasteiger partial charge is 0.170 e. The van der Waals surface area contributed by atoms with Crippen molar-refractivity contribution in [2.24, 2.45) is 10.7 Å². The highest BCUT2D eigenvalue weighted by atomic mass is 16.1. The Morgan fingerprint density at radius 2 is 2.16 bits per heavy atom. The average Bonchev–Trinajstić information content (AvgIpc) is 2.43. The summed E-state index contributed by atoms with van der Waals surface area (Å²) >= 11 is 0. The van der Waals surface area contributed by atoms with Crippen LogP contribution in [0.1, 0.15) is 16.1 Å². The topological polar surface area (TPSA) is 94.4 Å². The number of nitrogens with zero attached hydrogens (tertiary/aromatic N) is 2. The Morgan fingerprint density at radius 3 is 2.79 bits per heavy atom. The molecule has 0 radical (unpaired) electrons. The molecule has 19 heavy (non-hydrogen) atoms. The van der Waals surface area contributed by atoms with Gasteiger partial charge in [-0.3, -0.25) is 9.79 Å². The Bertz CT molecular complexity index is 689. The third kappa shape index (κ3) is 2.44. The molecule has 2 aromatic rings. The highest BCUT2D eigenvalue weighted by molar-refractivity contribution is 6.10. The number of hydrogen-bond donors (Lipinski definition) is 2. The van der Waals surface area contributed by atoms with Crippen molar-refractivity contribution in [3.05, 3.63) is 47.8 Å². The number of carbonyl (C=O) groups is 1. The van der Waals surface area contributed by atoms with E-state index in [1.165, 1.54) is 6.20 Å². The zero-order valence-corrected chi connectivity index (χ0v) is 10.5. The summed E-state index contributed by atoms with van der Waals surface area (Å²) in [5.41, 5.74) is 14.0. The highest BCUT2D eigenvalue weighted by Crippen LogP contribution is 2.19. The van der Waals surface area contributed by atoms with E-state index in [9.17, 15) is 4.79 Å². The summed E-state index contributed by atoms with van der Waals surface area (Å²) in [7, 11) is 1.69. The van der Waals surface area contributed by atoms with Gasteiger partial charge in [-0.1, -0.05) is 12.1 Å². The first-order valence-electron chi connectivity index (χ1n) is 5.70. The fourth-order valence-corrected chi connectivity index (χ4v) is 1.84. The van der Waals surface area contributed by atoms with Gasteiger partial charge in [0.05, 0.1) is 16.9 Å². The molecule has 0 amide bonds. The molecule has 2 rings (SSSR count). The van der Waals surface area contributed by atoms with Gasteiger partial charge in [0.2, 0.25) is 0 Å². The Labute approximate surface area is 110 Å². The molecule has 0 saturated carbocycles. The number of nitrogens with two attached hydrogens (primary N) is 2. The fraction of sp³-hybridized carbons (Fsp3) is 0.0714. The maximum absolute atomic E-state index is 10.9. The van der Waals surface area contributed by atoms with Gasteiger partial charge in [0.1, 0.15) is 5.69 Å². The first-order valence-corrected chi connectivity index (χ1v) is 5.70. The first-order chi connectivity index (χ1) is 9.19. The molecule has 0 saturated heterocycles. The van der Waals surface area contributed by atoms with Crippen LogP contribution in [0, 0.1) is 0 Å². The van der Waals surface area contributed by atoms with Crippen molar-refractivity contribution < 1.29 is 4.79 Å². The van der Waals surface area contributed by atoms with Gasteiger partial charge in [0, 0.05) is 18.0 Å². The molecule has 0 atom stereocenters. The third-order valence-corrected chi connectivity index (χ3v) is 2.78. The molecule has 4 N–H and O–H groups in total. The number of benzene rings is 1. The second kappa shape index (κ2) is 5.30. The molecule has 0 bridgehead atoms. The van der Waals surface area contributed by atoms with Crippen molar-refractivity contribution >= 4 is 28.6 Å². The van der Waals surface area contributed by atoms with Gasteiger partial charge >= 0.3 is 0 Å². The van der Waals surface area contributed by atoms with Crippen molar-refractivity contribution in [1.82, 2.24) is 4.98 Å². The van der Waals surface area contributed by atoms with Crippen LogP contribution in [0.2, 0.25) is 0 Å². The highest BCUT2D eigenvalue weighted by Gasteiger charge is 2.06. The Balaban J connectivity index is 2.62. The zero-order valence-electron chi connectivity index (χ0n) is 10.5. The van der Waals surface area contributed by atoms with Crippen LogP contribution in [-0.2, 0) is 0 Å². The van der Waals surface area contributed by atoms with E-state index in [4.69, 9.17) is 11.5 Å². The standard InChI is InChI=1S/C14H14N4O/c1-17-12(4-5-15)10-3-2-9-6-11(16)14(8-19)18-13(9)7-10/h2-8H,15-16H2,1H3. The quantitative estimate of drug-likeness (QED) is 0.641. The lowest BCUT2D eigenvalue weighted by molar-refractivity contribution is 0.112. The van der Waals surface area contributed by atoms with Crippen LogP contribution in [0.4, 0.5) is 5.69 Å². The molecule has 1 aromatic carbocycles. The number of allylic oxidation sites excluding steroid dienone is 1. The van der Waals surface area contributed by atoms with Crippen LogP contribution in [0.15, 0.2) is 41.5 Å². The van der Waals surface area contributed by atoms with E-state index in [-0.39, 0.29) is 5.69 Å². The molecular formula is C14H14N4O. The fourth-order valence-electron chi connectivity index (χ4n) is 1.84. The lowest BCUT2D eigenvalue weighted by Gasteiger charge is -2.05. The summed E-state index contributed by atoms with van der Waals surface area (Å²) in [5, 5.41) is 0.874. The summed E-state index contributed by atoms with van der Waals surface area (Å²) in [6.45, 7) is 0. The predicted molar refractivity (Wildman–Crippen MR) is 77.3 cm³/mol. The summed E-state index contributed by atoms with van der Waals surface area (Å²) in [5.74, 6) is 0. The minimum Gasteiger partial charge on any atom is -0.405 e. The van der Waals surface area contributed by atoms with Gasteiger partial charge < -0.3 is 11.5 Å². The van der Waals surface area contributed by atoms with Gasteiger partial charge in [-0.05, 0) is 24.4 Å². The van der Waals surface area contributed by atoms with E-state index >= 15 is 0 Å². The molecule has 1 aromatic heterocycles. The number of fused-ring (bicyclic) bond motifs is 1. The maximum Gasteiger partial charge on any atom is 0.170 e. The number of anilines is 1. The van der Waals surface area contributed by atoms with Crippen LogP contribution < -0.4 is 11.5 Å². The number of aliphatic imine (C=N–C) groups is 1. The molecule has 0 unspecified atom stereocenters. The number of nitrogen functional groups attached to an aromatic ring is 1. The number of carbonyl (C=O) groups excluding carboxylic acids is 1. The second-order valence-corrected chi connectivity index (χ2v) is 3.96. The van der Waals surface area contributed by atoms with Gasteiger partial charge in [-0.15, -0.1) is 0 Å². The molecule has 0 aliphatic heterocycles. The SMILES string of the molecule is CN=C(C=CN)c1ccc2cc(N)c(C=O)nc2c1. The molecule has 0 aliphatic carbocycles. The molecule has 0 aliphatic rings. The number of aromatic nitrogens is 1. The van der Waals surface area contributed by atoms with Crippen LogP contribution in [0.5, 0.6) is 0 Å². The first kappa shape index (κ1) is 12.8. The largest absolute Gasteiger partial charge is 0.405 e. The van der Waals surface area contributed by atoms with E-state index in [2.05, 4.69) is 9.98 Å². The van der Waals surface area contributed by atoms with Gasteiger partial charge in [0.25, 0.3) is 0 Å². The summed E-state index contributed by atoms with van der Waals surface area (Å²) in [4.78, 5) is 19.2. The molecule has 5 nitrogen and oxygen atoms in total. The van der Waals surface area contributed by atoms with E-state index in [0.717, 1.165) is 16.7 Å². The van der Waals surface area contributed by atoms with Crippen molar-refractivity contribution in [3.63, 3.8) is 0 Å². The van der Waals surface area contributed by atoms with Crippen LogP contribution in [0.3, 0.4) is 0 Å². The summed E-state index contributed by atoms with van der Waals surface area (Å²) in [6, 6.07) is 7.38. The molecule has 1 heterocycles. The predicted octanol–water partition coefficient (Wildman–Crippen LogP) is 1.52. The Morgan fingerprint density at radius 1 is 1.37 bits per heavy atom. The lowest BCUT2D eigenvalue weighted by Crippen LogP contribution is -2.00. The zero-order chi connectivity index (χ0) is 13.8. The maximum atomic E-state index is 10.9. The Hall–Kier alpha value is -2.69.